The van der Waals surface area contributed by atoms with E-state index >= 15 is 0 Å². The fraction of sp³-hybridized carbons (Fsp3) is 0.296. The van der Waals surface area contributed by atoms with Gasteiger partial charge in [0.1, 0.15) is 17.1 Å². The summed E-state index contributed by atoms with van der Waals surface area (Å²) >= 11 is 0. The van der Waals surface area contributed by atoms with Gasteiger partial charge >= 0.3 is 11.9 Å². The summed E-state index contributed by atoms with van der Waals surface area (Å²) in [4.78, 5) is 28.2. The van der Waals surface area contributed by atoms with Crippen LogP contribution in [0.4, 0.5) is 0 Å². The molecule has 1 heterocycles. The first-order valence-electron chi connectivity index (χ1n) is 10.8. The van der Waals surface area contributed by atoms with Gasteiger partial charge in [0, 0.05) is 18.2 Å². The predicted octanol–water partition coefficient (Wildman–Crippen LogP) is 5.91. The fourth-order valence-electron chi connectivity index (χ4n) is 3.32. The van der Waals surface area contributed by atoms with E-state index in [9.17, 15) is 9.59 Å². The van der Waals surface area contributed by atoms with Crippen LogP contribution >= 0.6 is 0 Å². The lowest BCUT2D eigenvalue weighted by molar-refractivity contribution is -0.140. The summed E-state index contributed by atoms with van der Waals surface area (Å²) in [6.45, 7) is 7.45. The number of hydrogen-bond acceptors (Lipinski definition) is 6. The molecule has 6 heteroatoms. The smallest absolute Gasteiger partial charge is 0.358 e. The number of nitrogens with zero attached hydrogens (tertiary/aromatic N) is 1. The second kappa shape index (κ2) is 10.3. The van der Waals surface area contributed by atoms with Crippen LogP contribution in [0.2, 0.25) is 0 Å². The largest absolute Gasteiger partial charge is 0.469 e. The van der Waals surface area contributed by atoms with Crippen LogP contribution in [0.3, 0.4) is 0 Å². The summed E-state index contributed by atoms with van der Waals surface area (Å²) in [6, 6.07) is 17.0. The van der Waals surface area contributed by atoms with Crippen molar-refractivity contribution in [1.29, 1.82) is 0 Å². The molecule has 0 atom stereocenters. The van der Waals surface area contributed by atoms with Gasteiger partial charge in [-0.15, -0.1) is 0 Å². The fourth-order valence-corrected chi connectivity index (χ4v) is 3.32. The SMILES string of the molecule is COC(=O)CCc1ccc(Oc2ccc(-c3cccnc3C(=O)OC(C)(C)C)c(C)c2)cc1. The molecule has 0 aliphatic heterocycles. The van der Waals surface area contributed by atoms with Gasteiger partial charge in [0.05, 0.1) is 7.11 Å². The molecular formula is C27H29NO5. The van der Waals surface area contributed by atoms with Gasteiger partial charge < -0.3 is 14.2 Å². The number of pyridine rings is 1. The van der Waals surface area contributed by atoms with Crippen molar-refractivity contribution >= 4 is 11.9 Å². The zero-order valence-electron chi connectivity index (χ0n) is 19.7. The summed E-state index contributed by atoms with van der Waals surface area (Å²) in [6.07, 6.45) is 2.55. The molecule has 3 aromatic rings. The Morgan fingerprint density at radius 3 is 2.27 bits per heavy atom. The quantitative estimate of drug-likeness (QED) is 0.419. The van der Waals surface area contributed by atoms with Crippen molar-refractivity contribution in [3.05, 3.63) is 77.6 Å². The molecule has 0 bridgehead atoms. The lowest BCUT2D eigenvalue weighted by Gasteiger charge is -2.20. The van der Waals surface area contributed by atoms with Gasteiger partial charge in [-0.05, 0) is 81.1 Å². The monoisotopic (exact) mass is 447 g/mol. The molecule has 33 heavy (non-hydrogen) atoms. The first-order valence-corrected chi connectivity index (χ1v) is 10.8. The van der Waals surface area contributed by atoms with E-state index in [1.165, 1.54) is 7.11 Å². The maximum absolute atomic E-state index is 12.7. The third kappa shape index (κ3) is 6.65. The Balaban J connectivity index is 1.76. The number of carbonyl (C=O) groups is 2. The van der Waals surface area contributed by atoms with Gasteiger partial charge in [-0.3, -0.25) is 4.79 Å². The Morgan fingerprint density at radius 1 is 0.939 bits per heavy atom. The van der Waals surface area contributed by atoms with Crippen LogP contribution in [0.25, 0.3) is 11.1 Å². The summed E-state index contributed by atoms with van der Waals surface area (Å²) in [5, 5.41) is 0. The maximum atomic E-state index is 12.7. The van der Waals surface area contributed by atoms with Crippen LogP contribution in [-0.2, 0) is 20.7 Å². The van der Waals surface area contributed by atoms with E-state index in [-0.39, 0.29) is 11.7 Å². The summed E-state index contributed by atoms with van der Waals surface area (Å²) in [7, 11) is 1.39. The van der Waals surface area contributed by atoms with E-state index in [0.717, 1.165) is 16.7 Å². The summed E-state index contributed by atoms with van der Waals surface area (Å²) in [5.41, 5.74) is 3.26. The molecule has 2 aromatic carbocycles. The number of aryl methyl sites for hydroxylation is 2. The highest BCUT2D eigenvalue weighted by atomic mass is 16.6. The normalized spacial score (nSPS) is 11.1. The number of hydrogen-bond donors (Lipinski definition) is 0. The summed E-state index contributed by atoms with van der Waals surface area (Å²) in [5.74, 6) is 0.695. The van der Waals surface area contributed by atoms with Crippen molar-refractivity contribution in [2.45, 2.75) is 46.1 Å². The molecule has 0 aliphatic rings. The minimum atomic E-state index is -0.604. The average Bonchev–Trinajstić information content (AvgIpc) is 2.77. The molecule has 0 radical (unpaired) electrons. The first kappa shape index (κ1) is 24.0. The maximum Gasteiger partial charge on any atom is 0.358 e. The third-order valence-electron chi connectivity index (χ3n) is 4.89. The molecule has 6 nitrogen and oxygen atoms in total. The lowest BCUT2D eigenvalue weighted by Crippen LogP contribution is -2.24. The van der Waals surface area contributed by atoms with Crippen molar-refractivity contribution in [1.82, 2.24) is 4.98 Å². The van der Waals surface area contributed by atoms with E-state index in [2.05, 4.69) is 9.72 Å². The highest BCUT2D eigenvalue weighted by molar-refractivity contribution is 5.95. The van der Waals surface area contributed by atoms with Gasteiger partial charge in [-0.1, -0.05) is 24.3 Å². The molecule has 172 valence electrons. The van der Waals surface area contributed by atoms with E-state index < -0.39 is 11.6 Å². The van der Waals surface area contributed by atoms with E-state index in [1.807, 2.05) is 76.2 Å². The first-order chi connectivity index (χ1) is 15.7. The number of esters is 2. The molecule has 0 unspecified atom stereocenters. The average molecular weight is 448 g/mol. The zero-order valence-corrected chi connectivity index (χ0v) is 19.7. The highest BCUT2D eigenvalue weighted by Crippen LogP contribution is 2.31. The number of aromatic nitrogens is 1. The minimum absolute atomic E-state index is 0.227. The van der Waals surface area contributed by atoms with Gasteiger partial charge in [-0.25, -0.2) is 9.78 Å². The van der Waals surface area contributed by atoms with Gasteiger partial charge in [0.2, 0.25) is 0 Å². The summed E-state index contributed by atoms with van der Waals surface area (Å²) < 4.78 is 16.2. The van der Waals surface area contributed by atoms with Crippen LogP contribution < -0.4 is 4.74 Å². The molecule has 0 spiro atoms. The van der Waals surface area contributed by atoms with E-state index in [0.29, 0.717) is 29.9 Å². The molecule has 0 saturated heterocycles. The third-order valence-corrected chi connectivity index (χ3v) is 4.89. The second-order valence-electron chi connectivity index (χ2n) is 8.70. The van der Waals surface area contributed by atoms with Crippen molar-refractivity contribution in [3.63, 3.8) is 0 Å². The molecular weight excluding hydrogens is 418 g/mol. The predicted molar refractivity (Wildman–Crippen MR) is 126 cm³/mol. The Morgan fingerprint density at radius 2 is 1.64 bits per heavy atom. The second-order valence-corrected chi connectivity index (χ2v) is 8.70. The van der Waals surface area contributed by atoms with E-state index in [4.69, 9.17) is 9.47 Å². The molecule has 0 aliphatic carbocycles. The zero-order chi connectivity index (χ0) is 24.0. The minimum Gasteiger partial charge on any atom is -0.469 e. The molecule has 0 fully saturated rings. The van der Waals surface area contributed by atoms with Crippen LogP contribution in [0, 0.1) is 6.92 Å². The van der Waals surface area contributed by atoms with Crippen molar-refractivity contribution < 1.29 is 23.8 Å². The number of carbonyl (C=O) groups excluding carboxylic acids is 2. The van der Waals surface area contributed by atoms with Crippen molar-refractivity contribution in [3.8, 4) is 22.6 Å². The number of benzene rings is 2. The Kier molecular flexibility index (Phi) is 7.48. The Bertz CT molecular complexity index is 1130. The Hall–Kier alpha value is -3.67. The highest BCUT2D eigenvalue weighted by Gasteiger charge is 2.22. The molecule has 1 aromatic heterocycles. The molecule has 0 amide bonds. The van der Waals surface area contributed by atoms with Gasteiger partial charge in [0.25, 0.3) is 0 Å². The standard InChI is InChI=1S/C27H29NO5/c1-18-17-21(32-20-11-8-19(9-12-20)10-15-24(29)31-5)13-14-22(18)23-7-6-16-28-25(23)26(30)33-27(2,3)4/h6-9,11-14,16-17H,10,15H2,1-5H3. The van der Waals surface area contributed by atoms with Crippen LogP contribution in [0.5, 0.6) is 11.5 Å². The van der Waals surface area contributed by atoms with Crippen LogP contribution in [0.1, 0.15) is 48.8 Å². The lowest BCUT2D eigenvalue weighted by atomic mass is 9.98. The topological polar surface area (TPSA) is 74.7 Å². The van der Waals surface area contributed by atoms with Crippen molar-refractivity contribution in [2.75, 3.05) is 7.11 Å². The van der Waals surface area contributed by atoms with Crippen LogP contribution in [-0.4, -0.2) is 29.6 Å². The van der Waals surface area contributed by atoms with Gasteiger partial charge in [0.15, 0.2) is 5.69 Å². The van der Waals surface area contributed by atoms with Gasteiger partial charge in [-0.2, -0.15) is 0 Å². The van der Waals surface area contributed by atoms with Crippen molar-refractivity contribution in [2.24, 2.45) is 0 Å². The number of methoxy groups -OCH3 is 1. The van der Waals surface area contributed by atoms with Crippen LogP contribution in [0.15, 0.2) is 60.8 Å². The van der Waals surface area contributed by atoms with E-state index in [1.54, 1.807) is 12.3 Å². The number of ether oxygens (including phenoxy) is 3. The number of rotatable bonds is 7. The Labute approximate surface area is 194 Å². The molecule has 3 rings (SSSR count). The molecule has 0 N–H and O–H groups in total. The molecule has 0 saturated carbocycles.